The van der Waals surface area contributed by atoms with Gasteiger partial charge in [-0.2, -0.15) is 0 Å². The van der Waals surface area contributed by atoms with Crippen LogP contribution in [0.1, 0.15) is 316 Å². The predicted molar refractivity (Wildman–Crippen MR) is 362 cm³/mol. The van der Waals surface area contributed by atoms with E-state index in [2.05, 4.69) is 142 Å². The molecule has 472 valence electrons. The first-order valence-electron chi connectivity index (χ1n) is 34.7. The lowest BCUT2D eigenvalue weighted by Gasteiger charge is -2.18. The number of carbonyl (C=O) groups is 3. The number of unbranched alkanes of at least 4 members (excludes halogenated alkanes) is 30. The third-order valence-corrected chi connectivity index (χ3v) is 14.7. The van der Waals surface area contributed by atoms with Crippen molar-refractivity contribution in [3.05, 3.63) is 134 Å². The zero-order valence-corrected chi connectivity index (χ0v) is 54.2. The first-order chi connectivity index (χ1) is 41.0. The summed E-state index contributed by atoms with van der Waals surface area (Å²) < 4.78 is 16.9. The fourth-order valence-corrected chi connectivity index (χ4v) is 9.54. The molecule has 83 heavy (non-hydrogen) atoms. The van der Waals surface area contributed by atoms with Gasteiger partial charge in [-0.25, -0.2) is 0 Å². The van der Waals surface area contributed by atoms with E-state index in [9.17, 15) is 14.4 Å². The topological polar surface area (TPSA) is 78.9 Å². The number of esters is 3. The van der Waals surface area contributed by atoms with Crippen molar-refractivity contribution >= 4 is 17.9 Å². The van der Waals surface area contributed by atoms with Gasteiger partial charge in [-0.05, 0) is 116 Å². The fraction of sp³-hybridized carbons (Fsp3) is 0.675. The Balaban J connectivity index is 4.40. The van der Waals surface area contributed by atoms with E-state index < -0.39 is 12.1 Å². The molecule has 0 aromatic rings. The van der Waals surface area contributed by atoms with Crippen LogP contribution < -0.4 is 0 Å². The first kappa shape index (κ1) is 78.5. The van der Waals surface area contributed by atoms with E-state index >= 15 is 0 Å². The molecule has 1 unspecified atom stereocenters. The Morgan fingerprint density at radius 1 is 0.265 bits per heavy atom. The average molecular weight is 1150 g/mol. The van der Waals surface area contributed by atoms with E-state index in [-0.39, 0.29) is 31.6 Å². The molecule has 0 amide bonds. The summed E-state index contributed by atoms with van der Waals surface area (Å²) in [6.45, 7) is 6.35. The SMILES string of the molecule is CC/C=C\C/C=C\C/C=C\C/C=C\C/C=C\CCCCCCCCCCCC(=O)OCC(COC(=O)C/C=C\C/C=C\C/C=C\C/C=C\C/C=C\CC)OC(=O)CCCCCCCCCCCCCCC/C=C\CCCCCCCCCC. The molecule has 0 aromatic heterocycles. The lowest BCUT2D eigenvalue weighted by molar-refractivity contribution is -0.166. The van der Waals surface area contributed by atoms with Gasteiger partial charge in [0.25, 0.3) is 0 Å². The van der Waals surface area contributed by atoms with Crippen molar-refractivity contribution in [2.75, 3.05) is 13.2 Å². The van der Waals surface area contributed by atoms with Crippen LogP contribution in [0.25, 0.3) is 0 Å². The minimum absolute atomic E-state index is 0.113. The second-order valence-corrected chi connectivity index (χ2v) is 22.7. The molecule has 1 atom stereocenters. The monoisotopic (exact) mass is 1150 g/mol. The summed E-state index contributed by atoms with van der Waals surface area (Å²) >= 11 is 0. The molecule has 0 radical (unpaired) electrons. The van der Waals surface area contributed by atoms with E-state index in [1.807, 2.05) is 6.08 Å². The number of allylic oxidation sites excluding steroid dienone is 21. The van der Waals surface area contributed by atoms with Gasteiger partial charge < -0.3 is 14.2 Å². The normalized spacial score (nSPS) is 13.0. The van der Waals surface area contributed by atoms with Crippen molar-refractivity contribution in [3.8, 4) is 0 Å². The van der Waals surface area contributed by atoms with Gasteiger partial charge in [-0.3, -0.25) is 14.4 Å². The van der Waals surface area contributed by atoms with Crippen LogP contribution >= 0.6 is 0 Å². The van der Waals surface area contributed by atoms with Crippen molar-refractivity contribution in [2.24, 2.45) is 0 Å². The fourth-order valence-electron chi connectivity index (χ4n) is 9.54. The van der Waals surface area contributed by atoms with Gasteiger partial charge in [0.05, 0.1) is 6.42 Å². The second kappa shape index (κ2) is 70.0. The summed E-state index contributed by atoms with van der Waals surface area (Å²) in [6, 6.07) is 0. The molecule has 0 fully saturated rings. The molecular weight excluding hydrogens is 1020 g/mol. The molecule has 0 aromatic carbocycles. The van der Waals surface area contributed by atoms with Crippen LogP contribution in [-0.2, 0) is 28.6 Å². The molecule has 0 aliphatic heterocycles. The second-order valence-electron chi connectivity index (χ2n) is 22.7. The third-order valence-electron chi connectivity index (χ3n) is 14.7. The standard InChI is InChI=1S/C77H128O6/c1-4-7-10-13-16-19-22-25-28-30-32-34-36-38-40-42-44-46-49-52-55-58-61-64-67-70-76(79)82-73-74(72-81-75(78)69-66-63-60-57-54-51-48-27-24-21-18-15-12-9-6-3)83-77(80)71-68-65-62-59-56-53-50-47-45-43-41-39-37-35-33-31-29-26-23-20-17-14-11-8-5-2/h7,9-10,12,16,18-19,21,25,27-28,31-34,38,40,48,54,57,63,66,74H,4-6,8,11,13-15,17,20,22-24,26,29-30,35-37,39,41-47,49-53,55-56,58-62,64-65,67-73H2,1-3H3/b10-7-,12-9-,19-16-,21-18-,28-25-,33-31-,34-32-,40-38-,48-27-,57-54-,66-63-. The largest absolute Gasteiger partial charge is 0.462 e. The Labute approximate surface area is 513 Å². The van der Waals surface area contributed by atoms with Gasteiger partial charge in [0, 0.05) is 12.8 Å². The van der Waals surface area contributed by atoms with E-state index in [4.69, 9.17) is 14.2 Å². The van der Waals surface area contributed by atoms with Gasteiger partial charge in [0.2, 0.25) is 0 Å². The Kier molecular flexibility index (Phi) is 66.3. The Bertz CT molecular complexity index is 1750. The van der Waals surface area contributed by atoms with Crippen molar-refractivity contribution in [1.82, 2.24) is 0 Å². The van der Waals surface area contributed by atoms with E-state index in [1.165, 1.54) is 167 Å². The van der Waals surface area contributed by atoms with Crippen molar-refractivity contribution < 1.29 is 28.6 Å². The lowest BCUT2D eigenvalue weighted by Crippen LogP contribution is -2.30. The minimum Gasteiger partial charge on any atom is -0.462 e. The maximum absolute atomic E-state index is 13.0. The van der Waals surface area contributed by atoms with Crippen LogP contribution in [0.2, 0.25) is 0 Å². The van der Waals surface area contributed by atoms with Crippen LogP contribution in [0.5, 0.6) is 0 Å². The van der Waals surface area contributed by atoms with Crippen LogP contribution in [-0.4, -0.2) is 37.2 Å². The number of hydrogen-bond acceptors (Lipinski definition) is 6. The van der Waals surface area contributed by atoms with Gasteiger partial charge >= 0.3 is 17.9 Å². The highest BCUT2D eigenvalue weighted by atomic mass is 16.6. The molecule has 6 nitrogen and oxygen atoms in total. The molecule has 6 heteroatoms. The Morgan fingerprint density at radius 2 is 0.518 bits per heavy atom. The molecule has 0 N–H and O–H groups in total. The number of carbonyl (C=O) groups excluding carboxylic acids is 3. The zero-order valence-electron chi connectivity index (χ0n) is 54.2. The molecule has 0 saturated heterocycles. The summed E-state index contributed by atoms with van der Waals surface area (Å²) in [5.74, 6) is -1.05. The lowest BCUT2D eigenvalue weighted by atomic mass is 10.0. The Morgan fingerprint density at radius 3 is 0.855 bits per heavy atom. The Hall–Kier alpha value is -4.45. The molecule has 0 saturated carbocycles. The summed E-state index contributed by atoms with van der Waals surface area (Å²) in [4.78, 5) is 38.4. The van der Waals surface area contributed by atoms with Crippen LogP contribution in [0, 0.1) is 0 Å². The molecule has 0 bridgehead atoms. The zero-order chi connectivity index (χ0) is 59.9. The van der Waals surface area contributed by atoms with E-state index in [0.29, 0.717) is 12.8 Å². The molecule has 0 heterocycles. The third kappa shape index (κ3) is 68.2. The van der Waals surface area contributed by atoms with Gasteiger partial charge in [-0.15, -0.1) is 0 Å². The molecule has 0 aliphatic carbocycles. The molecule has 0 aliphatic rings. The summed E-state index contributed by atoms with van der Waals surface area (Å²) in [5.41, 5.74) is 0. The highest BCUT2D eigenvalue weighted by Gasteiger charge is 2.19. The maximum atomic E-state index is 13.0. The van der Waals surface area contributed by atoms with Gasteiger partial charge in [0.15, 0.2) is 6.10 Å². The highest BCUT2D eigenvalue weighted by Crippen LogP contribution is 2.17. The van der Waals surface area contributed by atoms with Crippen LogP contribution in [0.3, 0.4) is 0 Å². The van der Waals surface area contributed by atoms with Crippen molar-refractivity contribution in [2.45, 2.75) is 322 Å². The molecular formula is C77H128O6. The summed E-state index contributed by atoms with van der Waals surface area (Å²) in [7, 11) is 0. The minimum atomic E-state index is -0.827. The predicted octanol–water partition coefficient (Wildman–Crippen LogP) is 24.1. The summed E-state index contributed by atoms with van der Waals surface area (Å²) in [6.07, 6.45) is 99.3. The average Bonchev–Trinajstić information content (AvgIpc) is 3.49. The van der Waals surface area contributed by atoms with Crippen LogP contribution in [0.15, 0.2) is 134 Å². The van der Waals surface area contributed by atoms with Gasteiger partial charge in [-0.1, -0.05) is 315 Å². The number of rotatable bonds is 62. The quantitative estimate of drug-likeness (QED) is 0.0261. The number of ether oxygens (including phenoxy) is 3. The molecule has 0 spiro atoms. The summed E-state index contributed by atoms with van der Waals surface area (Å²) in [5, 5.41) is 0. The van der Waals surface area contributed by atoms with E-state index in [1.54, 1.807) is 6.08 Å². The van der Waals surface area contributed by atoms with Crippen molar-refractivity contribution in [3.63, 3.8) is 0 Å². The maximum Gasteiger partial charge on any atom is 0.309 e. The first-order valence-corrected chi connectivity index (χ1v) is 34.7. The number of hydrogen-bond donors (Lipinski definition) is 0. The highest BCUT2D eigenvalue weighted by molar-refractivity contribution is 5.72. The van der Waals surface area contributed by atoms with Crippen molar-refractivity contribution in [1.29, 1.82) is 0 Å². The molecule has 0 rings (SSSR count). The van der Waals surface area contributed by atoms with E-state index in [0.717, 1.165) is 109 Å². The van der Waals surface area contributed by atoms with Crippen LogP contribution in [0.4, 0.5) is 0 Å². The smallest absolute Gasteiger partial charge is 0.309 e. The van der Waals surface area contributed by atoms with Gasteiger partial charge in [0.1, 0.15) is 13.2 Å².